The van der Waals surface area contributed by atoms with E-state index in [-0.39, 0.29) is 23.9 Å². The second-order valence-corrected chi connectivity index (χ2v) is 5.50. The SMILES string of the molecule is CCC(C)NC(=O)C(NC(=O)Nc1ccccc1)C(C)C. The molecule has 21 heavy (non-hydrogen) atoms. The Labute approximate surface area is 126 Å². The van der Waals surface area contributed by atoms with E-state index in [1.807, 2.05) is 45.9 Å². The summed E-state index contributed by atoms with van der Waals surface area (Å²) < 4.78 is 0. The first-order chi connectivity index (χ1) is 9.93. The lowest BCUT2D eigenvalue weighted by Gasteiger charge is -2.23. The zero-order valence-corrected chi connectivity index (χ0v) is 13.1. The van der Waals surface area contributed by atoms with Crippen LogP contribution in [0.5, 0.6) is 0 Å². The van der Waals surface area contributed by atoms with Crippen molar-refractivity contribution in [3.8, 4) is 0 Å². The predicted molar refractivity (Wildman–Crippen MR) is 85.1 cm³/mol. The summed E-state index contributed by atoms with van der Waals surface area (Å²) in [5.74, 6) is -0.141. The predicted octanol–water partition coefficient (Wildman–Crippen LogP) is 2.75. The third-order valence-corrected chi connectivity index (χ3v) is 3.27. The highest BCUT2D eigenvalue weighted by atomic mass is 16.2. The molecule has 1 aromatic rings. The summed E-state index contributed by atoms with van der Waals surface area (Å²) in [5.41, 5.74) is 0.694. The van der Waals surface area contributed by atoms with Crippen LogP contribution in [0.25, 0.3) is 0 Å². The number of para-hydroxylation sites is 1. The molecule has 0 aliphatic heterocycles. The van der Waals surface area contributed by atoms with E-state index in [2.05, 4.69) is 16.0 Å². The Morgan fingerprint density at radius 2 is 1.67 bits per heavy atom. The minimum Gasteiger partial charge on any atom is -0.352 e. The van der Waals surface area contributed by atoms with Crippen molar-refractivity contribution in [1.82, 2.24) is 10.6 Å². The number of urea groups is 1. The summed E-state index contributed by atoms with van der Waals surface area (Å²) in [6, 6.07) is 8.31. The molecule has 0 fully saturated rings. The van der Waals surface area contributed by atoms with E-state index in [4.69, 9.17) is 0 Å². The fourth-order valence-electron chi connectivity index (χ4n) is 1.80. The highest BCUT2D eigenvalue weighted by Crippen LogP contribution is 2.07. The van der Waals surface area contributed by atoms with E-state index >= 15 is 0 Å². The molecular weight excluding hydrogens is 266 g/mol. The van der Waals surface area contributed by atoms with Gasteiger partial charge < -0.3 is 16.0 Å². The molecule has 0 saturated heterocycles. The summed E-state index contributed by atoms with van der Waals surface area (Å²) in [4.78, 5) is 24.2. The van der Waals surface area contributed by atoms with Gasteiger partial charge in [0.1, 0.15) is 6.04 Å². The van der Waals surface area contributed by atoms with Crippen molar-refractivity contribution in [2.45, 2.75) is 46.2 Å². The second kappa shape index (κ2) is 8.29. The lowest BCUT2D eigenvalue weighted by atomic mass is 10.0. The number of hydrogen-bond acceptors (Lipinski definition) is 2. The lowest BCUT2D eigenvalue weighted by Crippen LogP contribution is -2.52. The van der Waals surface area contributed by atoms with Gasteiger partial charge in [-0.1, -0.05) is 39.0 Å². The first kappa shape index (κ1) is 17.0. The lowest BCUT2D eigenvalue weighted by molar-refractivity contribution is -0.124. The van der Waals surface area contributed by atoms with E-state index in [0.29, 0.717) is 5.69 Å². The number of anilines is 1. The van der Waals surface area contributed by atoms with Crippen LogP contribution in [0.2, 0.25) is 0 Å². The molecule has 0 heterocycles. The minimum absolute atomic E-state index is 0.00980. The summed E-state index contributed by atoms with van der Waals surface area (Å²) in [5, 5.41) is 8.35. The van der Waals surface area contributed by atoms with Gasteiger partial charge in [0.15, 0.2) is 0 Å². The van der Waals surface area contributed by atoms with Gasteiger partial charge >= 0.3 is 6.03 Å². The molecule has 0 saturated carbocycles. The van der Waals surface area contributed by atoms with Gasteiger partial charge in [-0.05, 0) is 31.4 Å². The molecular formula is C16H25N3O2. The van der Waals surface area contributed by atoms with Gasteiger partial charge in [-0.2, -0.15) is 0 Å². The van der Waals surface area contributed by atoms with Crippen LogP contribution in [-0.2, 0) is 4.79 Å². The Hall–Kier alpha value is -2.04. The monoisotopic (exact) mass is 291 g/mol. The van der Waals surface area contributed by atoms with Crippen LogP contribution in [0.15, 0.2) is 30.3 Å². The molecule has 5 heteroatoms. The van der Waals surface area contributed by atoms with Crippen LogP contribution in [-0.4, -0.2) is 24.0 Å². The van der Waals surface area contributed by atoms with Crippen molar-refractivity contribution in [1.29, 1.82) is 0 Å². The van der Waals surface area contributed by atoms with Gasteiger partial charge in [-0.3, -0.25) is 4.79 Å². The van der Waals surface area contributed by atoms with Crippen molar-refractivity contribution >= 4 is 17.6 Å². The molecule has 2 unspecified atom stereocenters. The molecule has 0 aromatic heterocycles. The highest BCUT2D eigenvalue weighted by molar-refractivity contribution is 5.93. The van der Waals surface area contributed by atoms with Gasteiger partial charge in [0.25, 0.3) is 0 Å². The molecule has 0 bridgehead atoms. The Morgan fingerprint density at radius 3 is 2.19 bits per heavy atom. The van der Waals surface area contributed by atoms with Crippen molar-refractivity contribution in [3.63, 3.8) is 0 Å². The Morgan fingerprint density at radius 1 is 1.05 bits per heavy atom. The van der Waals surface area contributed by atoms with Crippen LogP contribution in [0.4, 0.5) is 10.5 Å². The molecule has 0 aliphatic rings. The van der Waals surface area contributed by atoms with Gasteiger partial charge in [-0.25, -0.2) is 4.79 Å². The van der Waals surface area contributed by atoms with Crippen LogP contribution in [0, 0.1) is 5.92 Å². The Bertz CT molecular complexity index is 460. The van der Waals surface area contributed by atoms with Gasteiger partial charge in [0.05, 0.1) is 0 Å². The number of rotatable bonds is 6. The first-order valence-corrected chi connectivity index (χ1v) is 7.37. The molecule has 3 N–H and O–H groups in total. The zero-order valence-electron chi connectivity index (χ0n) is 13.1. The third-order valence-electron chi connectivity index (χ3n) is 3.27. The maximum atomic E-state index is 12.2. The average molecular weight is 291 g/mol. The maximum Gasteiger partial charge on any atom is 0.319 e. The number of amides is 3. The van der Waals surface area contributed by atoms with E-state index in [0.717, 1.165) is 6.42 Å². The summed E-state index contributed by atoms with van der Waals surface area (Å²) in [6.07, 6.45) is 0.854. The average Bonchev–Trinajstić information content (AvgIpc) is 2.45. The first-order valence-electron chi connectivity index (χ1n) is 7.37. The fourth-order valence-corrected chi connectivity index (χ4v) is 1.80. The van der Waals surface area contributed by atoms with Crippen molar-refractivity contribution < 1.29 is 9.59 Å². The maximum absolute atomic E-state index is 12.2. The molecule has 0 spiro atoms. The topological polar surface area (TPSA) is 70.2 Å². The van der Waals surface area contributed by atoms with Crippen LogP contribution < -0.4 is 16.0 Å². The quantitative estimate of drug-likeness (QED) is 0.754. The third kappa shape index (κ3) is 5.85. The molecule has 1 aromatic carbocycles. The minimum atomic E-state index is -0.553. The normalized spacial score (nSPS) is 13.4. The van der Waals surface area contributed by atoms with Crippen LogP contribution >= 0.6 is 0 Å². The molecule has 5 nitrogen and oxygen atoms in total. The number of nitrogens with one attached hydrogen (secondary N) is 3. The van der Waals surface area contributed by atoms with E-state index in [1.165, 1.54) is 0 Å². The smallest absolute Gasteiger partial charge is 0.319 e. The summed E-state index contributed by atoms with van der Waals surface area (Å²) in [6.45, 7) is 7.76. The van der Waals surface area contributed by atoms with Crippen molar-refractivity contribution in [3.05, 3.63) is 30.3 Å². The van der Waals surface area contributed by atoms with Gasteiger partial charge in [-0.15, -0.1) is 0 Å². The molecule has 116 valence electrons. The second-order valence-electron chi connectivity index (χ2n) is 5.50. The largest absolute Gasteiger partial charge is 0.352 e. The number of carbonyl (C=O) groups excluding carboxylic acids is 2. The highest BCUT2D eigenvalue weighted by Gasteiger charge is 2.24. The van der Waals surface area contributed by atoms with Gasteiger partial charge in [0, 0.05) is 11.7 Å². The Kier molecular flexibility index (Phi) is 6.72. The Balaban J connectivity index is 2.61. The number of benzene rings is 1. The molecule has 0 aliphatic carbocycles. The van der Waals surface area contributed by atoms with E-state index in [9.17, 15) is 9.59 Å². The molecule has 1 rings (SSSR count). The summed E-state index contributed by atoms with van der Waals surface area (Å²) in [7, 11) is 0. The zero-order chi connectivity index (χ0) is 15.8. The number of hydrogen-bond donors (Lipinski definition) is 3. The summed E-state index contributed by atoms with van der Waals surface area (Å²) >= 11 is 0. The van der Waals surface area contributed by atoms with Crippen molar-refractivity contribution in [2.75, 3.05) is 5.32 Å². The van der Waals surface area contributed by atoms with Crippen LogP contribution in [0.3, 0.4) is 0 Å². The van der Waals surface area contributed by atoms with Crippen LogP contribution in [0.1, 0.15) is 34.1 Å². The molecule has 0 radical (unpaired) electrons. The fraction of sp³-hybridized carbons (Fsp3) is 0.500. The van der Waals surface area contributed by atoms with E-state index in [1.54, 1.807) is 12.1 Å². The number of carbonyl (C=O) groups is 2. The molecule has 2 atom stereocenters. The van der Waals surface area contributed by atoms with E-state index < -0.39 is 6.04 Å². The molecule has 3 amide bonds. The standard InChI is InChI=1S/C16H25N3O2/c1-5-12(4)17-15(20)14(11(2)3)19-16(21)18-13-9-7-6-8-10-13/h6-12,14H,5H2,1-4H3,(H,17,20)(H2,18,19,21). The van der Waals surface area contributed by atoms with Gasteiger partial charge in [0.2, 0.25) is 5.91 Å². The van der Waals surface area contributed by atoms with Crippen molar-refractivity contribution in [2.24, 2.45) is 5.92 Å².